The number of methoxy groups -OCH3 is 1. The third-order valence-corrected chi connectivity index (χ3v) is 4.53. The highest BCUT2D eigenvalue weighted by atomic mass is 35.7. The third-order valence-electron chi connectivity index (χ3n) is 3.18. The minimum atomic E-state index is -3.99. The summed E-state index contributed by atoms with van der Waals surface area (Å²) in [7, 11) is 2.69. The van der Waals surface area contributed by atoms with Crippen molar-refractivity contribution >= 4 is 25.6 Å². The predicted molar refractivity (Wildman–Crippen MR) is 77.3 cm³/mol. The lowest BCUT2D eigenvalue weighted by atomic mass is 10.1. The number of benzene rings is 1. The van der Waals surface area contributed by atoms with Crippen molar-refractivity contribution in [3.8, 4) is 5.75 Å². The second-order valence-corrected chi connectivity index (χ2v) is 7.23. The van der Waals surface area contributed by atoms with Gasteiger partial charge in [0.1, 0.15) is 10.6 Å². The van der Waals surface area contributed by atoms with Crippen LogP contribution < -0.4 is 10.1 Å². The molecule has 116 valence electrons. The fourth-order valence-electron chi connectivity index (χ4n) is 2.13. The zero-order chi connectivity index (χ0) is 15.5. The second-order valence-electron chi connectivity index (χ2n) is 4.69. The van der Waals surface area contributed by atoms with Crippen LogP contribution in [-0.2, 0) is 13.8 Å². The highest BCUT2D eigenvalue weighted by molar-refractivity contribution is 8.13. The minimum Gasteiger partial charge on any atom is -0.495 e. The summed E-state index contributed by atoms with van der Waals surface area (Å²) in [6.07, 6.45) is 1.72. The van der Waals surface area contributed by atoms with E-state index < -0.39 is 9.05 Å². The molecule has 0 aliphatic carbocycles. The van der Waals surface area contributed by atoms with Crippen molar-refractivity contribution in [3.63, 3.8) is 0 Å². The Morgan fingerprint density at radius 3 is 2.81 bits per heavy atom. The molecule has 1 amide bonds. The van der Waals surface area contributed by atoms with Crippen molar-refractivity contribution in [1.82, 2.24) is 5.32 Å². The average molecular weight is 334 g/mol. The zero-order valence-corrected chi connectivity index (χ0v) is 13.0. The Labute approximate surface area is 127 Å². The Morgan fingerprint density at radius 1 is 1.48 bits per heavy atom. The van der Waals surface area contributed by atoms with E-state index in [0.29, 0.717) is 13.2 Å². The molecule has 21 heavy (non-hydrogen) atoms. The summed E-state index contributed by atoms with van der Waals surface area (Å²) >= 11 is 0. The molecule has 0 saturated carbocycles. The van der Waals surface area contributed by atoms with E-state index in [0.717, 1.165) is 12.8 Å². The molecule has 1 N–H and O–H groups in total. The van der Waals surface area contributed by atoms with Crippen molar-refractivity contribution in [2.45, 2.75) is 23.8 Å². The first kappa shape index (κ1) is 16.1. The van der Waals surface area contributed by atoms with Gasteiger partial charge in [-0.2, -0.15) is 0 Å². The fraction of sp³-hybridized carbons (Fsp3) is 0.462. The van der Waals surface area contributed by atoms with E-state index in [1.165, 1.54) is 25.3 Å². The molecule has 1 aromatic carbocycles. The van der Waals surface area contributed by atoms with Gasteiger partial charge in [-0.15, -0.1) is 0 Å². The highest BCUT2D eigenvalue weighted by Gasteiger charge is 2.21. The van der Waals surface area contributed by atoms with Gasteiger partial charge in [0.15, 0.2) is 0 Å². The number of rotatable bonds is 4. The van der Waals surface area contributed by atoms with Gasteiger partial charge < -0.3 is 14.8 Å². The summed E-state index contributed by atoms with van der Waals surface area (Å²) in [6.45, 7) is 1.16. The van der Waals surface area contributed by atoms with Gasteiger partial charge in [-0.3, -0.25) is 4.79 Å². The smallest absolute Gasteiger partial charge is 0.265 e. The molecule has 1 saturated heterocycles. The molecule has 2 rings (SSSR count). The monoisotopic (exact) mass is 333 g/mol. The number of halogens is 1. The maximum atomic E-state index is 12.1. The SMILES string of the molecule is COc1ccc(C(=O)NC2CCCOC2)cc1S(=O)(=O)Cl. The van der Waals surface area contributed by atoms with Crippen LogP contribution in [0.2, 0.25) is 0 Å². The van der Waals surface area contributed by atoms with Crippen LogP contribution in [-0.4, -0.2) is 40.7 Å². The normalized spacial score (nSPS) is 19.0. The van der Waals surface area contributed by atoms with E-state index in [1.54, 1.807) is 0 Å². The Balaban J connectivity index is 2.21. The van der Waals surface area contributed by atoms with Gasteiger partial charge in [0.2, 0.25) is 0 Å². The van der Waals surface area contributed by atoms with Crippen molar-refractivity contribution in [2.24, 2.45) is 0 Å². The quantitative estimate of drug-likeness (QED) is 0.845. The molecule has 0 bridgehead atoms. The molecule has 6 nitrogen and oxygen atoms in total. The number of amides is 1. The number of ether oxygens (including phenoxy) is 2. The van der Waals surface area contributed by atoms with Gasteiger partial charge in [0, 0.05) is 22.9 Å². The molecule has 1 atom stereocenters. The lowest BCUT2D eigenvalue weighted by Crippen LogP contribution is -2.40. The molecule has 1 unspecified atom stereocenters. The lowest BCUT2D eigenvalue weighted by molar-refractivity contribution is 0.0624. The van der Waals surface area contributed by atoms with Crippen LogP contribution in [0.25, 0.3) is 0 Å². The number of hydrogen-bond acceptors (Lipinski definition) is 5. The summed E-state index contributed by atoms with van der Waals surface area (Å²) in [5, 5.41) is 2.81. The molecule has 0 radical (unpaired) electrons. The van der Waals surface area contributed by atoms with E-state index in [1.807, 2.05) is 0 Å². The Bertz CT molecular complexity index is 625. The van der Waals surface area contributed by atoms with E-state index >= 15 is 0 Å². The first-order valence-electron chi connectivity index (χ1n) is 6.43. The standard InChI is InChI=1S/C13H16ClNO5S/c1-19-11-5-4-9(7-12(11)21(14,17)18)13(16)15-10-3-2-6-20-8-10/h4-5,7,10H,2-3,6,8H2,1H3,(H,15,16). The topological polar surface area (TPSA) is 81.7 Å². The first-order valence-corrected chi connectivity index (χ1v) is 8.74. The lowest BCUT2D eigenvalue weighted by Gasteiger charge is -2.23. The third kappa shape index (κ3) is 4.09. The van der Waals surface area contributed by atoms with Gasteiger partial charge in [0.25, 0.3) is 15.0 Å². The zero-order valence-electron chi connectivity index (χ0n) is 11.5. The maximum absolute atomic E-state index is 12.1. The van der Waals surface area contributed by atoms with Crippen LogP contribution in [0.4, 0.5) is 0 Å². The van der Waals surface area contributed by atoms with Gasteiger partial charge in [-0.1, -0.05) is 0 Å². The van der Waals surface area contributed by atoms with Crippen LogP contribution in [0.3, 0.4) is 0 Å². The van der Waals surface area contributed by atoms with Crippen molar-refractivity contribution in [2.75, 3.05) is 20.3 Å². The van der Waals surface area contributed by atoms with E-state index in [2.05, 4.69) is 5.32 Å². The van der Waals surface area contributed by atoms with Crippen LogP contribution in [0.15, 0.2) is 23.1 Å². The van der Waals surface area contributed by atoms with Crippen molar-refractivity contribution in [1.29, 1.82) is 0 Å². The Hall–Kier alpha value is -1.31. The van der Waals surface area contributed by atoms with Crippen LogP contribution in [0.1, 0.15) is 23.2 Å². The Kier molecular flexibility index (Phi) is 5.08. The summed E-state index contributed by atoms with van der Waals surface area (Å²) in [5.74, 6) is -0.266. The fourth-order valence-corrected chi connectivity index (χ4v) is 3.15. The number of carbonyl (C=O) groups excluding carboxylic acids is 1. The Morgan fingerprint density at radius 2 is 2.24 bits per heavy atom. The van der Waals surface area contributed by atoms with Crippen LogP contribution in [0, 0.1) is 0 Å². The molecule has 1 aliphatic heterocycles. The molecule has 1 fully saturated rings. The minimum absolute atomic E-state index is 0.0654. The van der Waals surface area contributed by atoms with E-state index in [-0.39, 0.29) is 28.2 Å². The van der Waals surface area contributed by atoms with Crippen LogP contribution >= 0.6 is 10.7 Å². The largest absolute Gasteiger partial charge is 0.495 e. The molecular weight excluding hydrogens is 318 g/mol. The van der Waals surface area contributed by atoms with E-state index in [9.17, 15) is 13.2 Å². The average Bonchev–Trinajstić information content (AvgIpc) is 2.46. The van der Waals surface area contributed by atoms with Crippen LogP contribution in [0.5, 0.6) is 5.75 Å². The molecule has 1 aliphatic rings. The molecule has 1 aromatic rings. The van der Waals surface area contributed by atoms with Crippen molar-refractivity contribution < 1.29 is 22.7 Å². The van der Waals surface area contributed by atoms with Gasteiger partial charge in [-0.05, 0) is 31.0 Å². The van der Waals surface area contributed by atoms with Gasteiger partial charge in [-0.25, -0.2) is 8.42 Å². The number of carbonyl (C=O) groups is 1. The van der Waals surface area contributed by atoms with Gasteiger partial charge >= 0.3 is 0 Å². The molecule has 8 heteroatoms. The summed E-state index contributed by atoms with van der Waals surface area (Å²) in [4.78, 5) is 11.9. The van der Waals surface area contributed by atoms with E-state index in [4.69, 9.17) is 20.2 Å². The summed E-state index contributed by atoms with van der Waals surface area (Å²) < 4.78 is 33.2. The predicted octanol–water partition coefficient (Wildman–Crippen LogP) is 1.53. The number of nitrogens with one attached hydrogen (secondary N) is 1. The highest BCUT2D eigenvalue weighted by Crippen LogP contribution is 2.27. The molecule has 0 aromatic heterocycles. The number of hydrogen-bond donors (Lipinski definition) is 1. The first-order chi connectivity index (χ1) is 9.91. The molecular formula is C13H16ClNO5S. The maximum Gasteiger partial charge on any atom is 0.265 e. The second kappa shape index (κ2) is 6.64. The molecule has 0 spiro atoms. The molecule has 1 heterocycles. The summed E-state index contributed by atoms with van der Waals surface area (Å²) in [5.41, 5.74) is 0.209. The van der Waals surface area contributed by atoms with Gasteiger partial charge in [0.05, 0.1) is 19.8 Å². The van der Waals surface area contributed by atoms with Crippen molar-refractivity contribution in [3.05, 3.63) is 23.8 Å². The summed E-state index contributed by atoms with van der Waals surface area (Å²) in [6, 6.07) is 4.04.